The number of halogens is 1. The molecule has 240 valence electrons. The topological polar surface area (TPSA) is 130 Å². The third-order valence-corrected chi connectivity index (χ3v) is 9.84. The van der Waals surface area contributed by atoms with Gasteiger partial charge in [0.05, 0.1) is 16.8 Å². The molecule has 3 N–H and O–H groups in total. The second-order valence-corrected chi connectivity index (χ2v) is 12.9. The zero-order valence-corrected chi connectivity index (χ0v) is 26.5. The van der Waals surface area contributed by atoms with E-state index >= 15 is 0 Å². The van der Waals surface area contributed by atoms with Crippen molar-refractivity contribution in [3.63, 3.8) is 0 Å². The molecule has 1 aromatic heterocycles. The number of ether oxygens (including phenoxy) is 1. The highest BCUT2D eigenvalue weighted by Gasteiger charge is 2.35. The smallest absolute Gasteiger partial charge is 0.410 e. The van der Waals surface area contributed by atoms with Crippen LogP contribution < -0.4 is 11.4 Å². The molecule has 0 aliphatic carbocycles. The summed E-state index contributed by atoms with van der Waals surface area (Å²) in [6.07, 6.45) is 4.11. The number of aromatic amines is 1. The summed E-state index contributed by atoms with van der Waals surface area (Å²) in [5.74, 6) is 0.339. The molecule has 1 atom stereocenters. The van der Waals surface area contributed by atoms with Crippen molar-refractivity contribution in [3.8, 4) is 11.4 Å². The van der Waals surface area contributed by atoms with Crippen LogP contribution in [-0.2, 0) is 16.0 Å². The molecule has 0 spiro atoms. The number of amides is 2. The molecule has 3 aliphatic heterocycles. The monoisotopic (exact) mass is 635 g/mol. The van der Waals surface area contributed by atoms with E-state index in [1.54, 1.807) is 11.0 Å². The number of carbonyl (C=O) groups excluding carboxylic acids is 2. The van der Waals surface area contributed by atoms with Crippen LogP contribution in [0.5, 0.6) is 0 Å². The van der Waals surface area contributed by atoms with E-state index < -0.39 is 12.2 Å². The number of likely N-dealkylation sites (tertiary alicyclic amines) is 3. The van der Waals surface area contributed by atoms with Gasteiger partial charge in [0.2, 0.25) is 0 Å². The van der Waals surface area contributed by atoms with Gasteiger partial charge in [-0.3, -0.25) is 9.78 Å². The number of hydrogen-bond acceptors (Lipinski definition) is 7. The molecule has 45 heavy (non-hydrogen) atoms. The summed E-state index contributed by atoms with van der Waals surface area (Å²) in [7, 11) is 0. The van der Waals surface area contributed by atoms with Crippen LogP contribution in [-0.4, -0.2) is 92.9 Å². The van der Waals surface area contributed by atoms with Gasteiger partial charge in [0.1, 0.15) is 0 Å². The number of nitrogen functional groups attached to an aromatic ring is 1. The highest BCUT2D eigenvalue weighted by molar-refractivity contribution is 6.33. The van der Waals surface area contributed by atoms with Gasteiger partial charge in [0.15, 0.2) is 11.9 Å². The van der Waals surface area contributed by atoms with Crippen LogP contribution in [0.25, 0.3) is 11.4 Å². The standard InChI is InChI=1S/C33H42ClN7O4/c1-22-19-23(20-27(34)29(22)35)21-28(31(42)39-15-9-25(10-16-39)38-13-5-6-14-38)45-33(44)40-17-11-26(12-18-40)41-32(43)36-30(37-41)24-7-3-2-4-8-24/h2-4,7-8,19-20,25-26,28H,5-6,9-18,21,35H2,1H3,(H,36,37,43)/t28-/m1/s1. The number of anilines is 1. The number of aryl methyl sites for hydroxylation is 1. The second-order valence-electron chi connectivity index (χ2n) is 12.5. The van der Waals surface area contributed by atoms with E-state index in [1.165, 1.54) is 17.5 Å². The van der Waals surface area contributed by atoms with E-state index in [-0.39, 0.29) is 24.1 Å². The number of nitrogens with zero attached hydrogens (tertiary/aromatic N) is 5. The number of nitrogens with two attached hydrogens (primary N) is 1. The maximum atomic E-state index is 13.9. The number of carbonyl (C=O) groups is 2. The van der Waals surface area contributed by atoms with Gasteiger partial charge in [-0.05, 0) is 75.7 Å². The molecule has 12 heteroatoms. The van der Waals surface area contributed by atoms with Gasteiger partial charge in [-0.25, -0.2) is 14.3 Å². The minimum absolute atomic E-state index is 0.149. The van der Waals surface area contributed by atoms with Gasteiger partial charge in [-0.1, -0.05) is 48.0 Å². The van der Waals surface area contributed by atoms with E-state index in [2.05, 4.69) is 15.0 Å². The van der Waals surface area contributed by atoms with Gasteiger partial charge >= 0.3 is 11.8 Å². The maximum Gasteiger partial charge on any atom is 0.410 e. The second kappa shape index (κ2) is 13.7. The first-order valence-corrected chi connectivity index (χ1v) is 16.4. The van der Waals surface area contributed by atoms with Crippen molar-refractivity contribution in [3.05, 3.63) is 69.1 Å². The summed E-state index contributed by atoms with van der Waals surface area (Å²) in [6.45, 7) is 6.20. The largest absolute Gasteiger partial charge is 0.436 e. The van der Waals surface area contributed by atoms with Gasteiger partial charge < -0.3 is 25.2 Å². The number of nitrogens with one attached hydrogen (secondary N) is 1. The molecule has 6 rings (SSSR count). The van der Waals surface area contributed by atoms with Crippen LogP contribution in [0.1, 0.15) is 55.7 Å². The number of rotatable bonds is 7. The lowest BCUT2D eigenvalue weighted by atomic mass is 10.0. The highest BCUT2D eigenvalue weighted by Crippen LogP contribution is 2.28. The molecule has 0 radical (unpaired) electrons. The Morgan fingerprint density at radius 3 is 2.29 bits per heavy atom. The Labute approximate surface area is 268 Å². The van der Waals surface area contributed by atoms with Gasteiger partial charge in [-0.15, -0.1) is 5.10 Å². The van der Waals surface area contributed by atoms with Crippen LogP contribution in [0.4, 0.5) is 10.5 Å². The maximum absolute atomic E-state index is 13.9. The average Bonchev–Trinajstić information content (AvgIpc) is 3.74. The first-order valence-electron chi connectivity index (χ1n) is 16.0. The molecule has 11 nitrogen and oxygen atoms in total. The summed E-state index contributed by atoms with van der Waals surface area (Å²) in [6, 6.07) is 13.5. The molecule has 3 aliphatic rings. The third kappa shape index (κ3) is 7.04. The minimum atomic E-state index is -0.986. The van der Waals surface area contributed by atoms with Gasteiger partial charge in [0.25, 0.3) is 5.91 Å². The van der Waals surface area contributed by atoms with Crippen molar-refractivity contribution in [2.45, 2.75) is 70.1 Å². The summed E-state index contributed by atoms with van der Waals surface area (Å²) in [5.41, 5.74) is 8.73. The Bertz CT molecular complexity index is 1530. The van der Waals surface area contributed by atoms with Crippen LogP contribution in [0.2, 0.25) is 5.02 Å². The molecule has 0 unspecified atom stereocenters. The third-order valence-electron chi connectivity index (χ3n) is 9.53. The van der Waals surface area contributed by atoms with Crippen molar-refractivity contribution in [1.29, 1.82) is 0 Å². The number of piperidine rings is 2. The Kier molecular flexibility index (Phi) is 9.46. The molecule has 3 aromatic rings. The Morgan fingerprint density at radius 2 is 1.62 bits per heavy atom. The van der Waals surface area contributed by atoms with Crippen LogP contribution >= 0.6 is 11.6 Å². The van der Waals surface area contributed by atoms with Crippen LogP contribution in [0.15, 0.2) is 47.3 Å². The fourth-order valence-electron chi connectivity index (χ4n) is 6.90. The zero-order valence-electron chi connectivity index (χ0n) is 25.8. The van der Waals surface area contributed by atoms with E-state index in [1.807, 2.05) is 48.2 Å². The fraction of sp³-hybridized carbons (Fsp3) is 0.515. The lowest BCUT2D eigenvalue weighted by molar-refractivity contribution is -0.142. The Balaban J connectivity index is 1.11. The number of hydrogen-bond donors (Lipinski definition) is 2. The van der Waals surface area contributed by atoms with E-state index in [9.17, 15) is 14.4 Å². The first-order chi connectivity index (χ1) is 21.8. The van der Waals surface area contributed by atoms with Crippen molar-refractivity contribution in [2.75, 3.05) is 45.0 Å². The predicted molar refractivity (Wildman–Crippen MR) is 173 cm³/mol. The summed E-state index contributed by atoms with van der Waals surface area (Å²) < 4.78 is 7.48. The van der Waals surface area contributed by atoms with Crippen LogP contribution in [0, 0.1) is 6.92 Å². The van der Waals surface area contributed by atoms with Crippen molar-refractivity contribution >= 4 is 29.3 Å². The lowest BCUT2D eigenvalue weighted by Gasteiger charge is -2.38. The summed E-state index contributed by atoms with van der Waals surface area (Å²) in [4.78, 5) is 48.9. The minimum Gasteiger partial charge on any atom is -0.436 e. The SMILES string of the molecule is Cc1cc(C[C@@H](OC(=O)N2CCC(n3nc(-c4ccccc4)[nH]c3=O)CC2)C(=O)N2CCC(N3CCCC3)CC2)cc(Cl)c1N. The Morgan fingerprint density at radius 1 is 0.978 bits per heavy atom. The van der Waals surface area contributed by atoms with E-state index in [0.717, 1.165) is 42.6 Å². The average molecular weight is 636 g/mol. The van der Waals surface area contributed by atoms with Crippen LogP contribution in [0.3, 0.4) is 0 Å². The van der Waals surface area contributed by atoms with Crippen molar-refractivity contribution < 1.29 is 14.3 Å². The molecule has 3 fully saturated rings. The summed E-state index contributed by atoms with van der Waals surface area (Å²) >= 11 is 6.38. The van der Waals surface area contributed by atoms with Crippen molar-refractivity contribution in [1.82, 2.24) is 29.5 Å². The molecule has 2 aromatic carbocycles. The van der Waals surface area contributed by atoms with E-state index in [0.29, 0.717) is 61.6 Å². The quantitative estimate of drug-likeness (QED) is 0.371. The molecular weight excluding hydrogens is 594 g/mol. The predicted octanol–water partition coefficient (Wildman–Crippen LogP) is 4.25. The highest BCUT2D eigenvalue weighted by atomic mass is 35.5. The normalized spacial score (nSPS) is 19.2. The lowest BCUT2D eigenvalue weighted by Crippen LogP contribution is -2.51. The number of H-pyrrole nitrogens is 1. The van der Waals surface area contributed by atoms with Gasteiger partial charge in [0, 0.05) is 44.2 Å². The zero-order chi connectivity index (χ0) is 31.5. The van der Waals surface area contributed by atoms with Crippen molar-refractivity contribution in [2.24, 2.45) is 0 Å². The molecule has 0 saturated carbocycles. The first kappa shape index (κ1) is 31.2. The fourth-order valence-corrected chi connectivity index (χ4v) is 7.19. The van der Waals surface area contributed by atoms with E-state index in [4.69, 9.17) is 22.1 Å². The molecule has 3 saturated heterocycles. The Hall–Kier alpha value is -3.83. The van der Waals surface area contributed by atoms with Gasteiger partial charge in [-0.2, -0.15) is 0 Å². The molecule has 2 amide bonds. The number of aromatic nitrogens is 3. The summed E-state index contributed by atoms with van der Waals surface area (Å²) in [5, 5.41) is 4.95. The number of benzene rings is 2. The molecular formula is C33H42ClN7O4. The molecule has 4 heterocycles. The molecule has 0 bridgehead atoms.